The van der Waals surface area contributed by atoms with E-state index < -0.39 is 0 Å². The van der Waals surface area contributed by atoms with Gasteiger partial charge in [0, 0.05) is 28.5 Å². The Morgan fingerprint density at radius 3 is 2.71 bits per heavy atom. The number of pyridine rings is 1. The molecule has 0 amide bonds. The van der Waals surface area contributed by atoms with Gasteiger partial charge in [-0.15, -0.1) is 0 Å². The molecular formula is C10H12BrN3. The van der Waals surface area contributed by atoms with Crippen LogP contribution in [-0.2, 0) is 0 Å². The minimum Gasteiger partial charge on any atom is -0.296 e. The topological polar surface area (TPSA) is 48.7 Å². The van der Waals surface area contributed by atoms with Gasteiger partial charge in [0.15, 0.2) is 0 Å². The number of aromatic nitrogens is 1. The highest BCUT2D eigenvalue weighted by atomic mass is 79.9. The minimum atomic E-state index is -0.292. The van der Waals surface area contributed by atoms with Crippen LogP contribution >= 0.6 is 15.9 Å². The van der Waals surface area contributed by atoms with Crippen molar-refractivity contribution < 1.29 is 0 Å². The largest absolute Gasteiger partial charge is 0.296 e. The van der Waals surface area contributed by atoms with Gasteiger partial charge < -0.3 is 0 Å². The molecule has 0 aromatic carbocycles. The van der Waals surface area contributed by atoms with Crippen LogP contribution in [0.3, 0.4) is 0 Å². The lowest BCUT2D eigenvalue weighted by Crippen LogP contribution is -2.27. The normalized spacial score (nSPS) is 12.5. The lowest BCUT2D eigenvalue weighted by Gasteiger charge is -2.14. The quantitative estimate of drug-likeness (QED) is 0.901. The van der Waals surface area contributed by atoms with E-state index in [2.05, 4.69) is 32.3 Å². The van der Waals surface area contributed by atoms with E-state index in [1.165, 1.54) is 0 Å². The standard InChI is InChI=1S/C10H12BrN3/c1-7(2)14-10(4-12)8-3-9(11)6-13-5-8/h3,5-7,10,14H,1-2H3. The number of nitriles is 1. The summed E-state index contributed by atoms with van der Waals surface area (Å²) in [4.78, 5) is 4.02. The van der Waals surface area contributed by atoms with Crippen molar-refractivity contribution in [3.8, 4) is 6.07 Å². The van der Waals surface area contributed by atoms with Crippen LogP contribution in [0, 0.1) is 11.3 Å². The van der Waals surface area contributed by atoms with Crippen LogP contribution in [0.25, 0.3) is 0 Å². The predicted molar refractivity (Wildman–Crippen MR) is 58.6 cm³/mol. The molecule has 0 fully saturated rings. The average Bonchev–Trinajstić information content (AvgIpc) is 2.14. The van der Waals surface area contributed by atoms with Gasteiger partial charge in [-0.1, -0.05) is 0 Å². The number of nitrogens with one attached hydrogen (secondary N) is 1. The molecule has 4 heteroatoms. The van der Waals surface area contributed by atoms with Gasteiger partial charge in [0.1, 0.15) is 6.04 Å². The highest BCUT2D eigenvalue weighted by Gasteiger charge is 2.11. The molecule has 0 saturated heterocycles. The summed E-state index contributed by atoms with van der Waals surface area (Å²) in [7, 11) is 0. The molecule has 74 valence electrons. The van der Waals surface area contributed by atoms with Crippen LogP contribution in [0.4, 0.5) is 0 Å². The molecule has 1 heterocycles. The first-order chi connectivity index (χ1) is 6.63. The number of hydrogen-bond donors (Lipinski definition) is 1. The summed E-state index contributed by atoms with van der Waals surface area (Å²) >= 11 is 3.33. The monoisotopic (exact) mass is 253 g/mol. The molecule has 14 heavy (non-hydrogen) atoms. The highest BCUT2D eigenvalue weighted by molar-refractivity contribution is 9.10. The SMILES string of the molecule is CC(C)NC(C#N)c1cncc(Br)c1. The summed E-state index contributed by atoms with van der Waals surface area (Å²) < 4.78 is 0.890. The zero-order valence-corrected chi connectivity index (χ0v) is 9.75. The second kappa shape index (κ2) is 5.08. The van der Waals surface area contributed by atoms with Gasteiger partial charge in [-0.2, -0.15) is 5.26 Å². The fraction of sp³-hybridized carbons (Fsp3) is 0.400. The van der Waals surface area contributed by atoms with E-state index in [1.807, 2.05) is 19.9 Å². The third-order valence-corrected chi connectivity index (χ3v) is 2.12. The first-order valence-corrected chi connectivity index (χ1v) is 5.19. The van der Waals surface area contributed by atoms with Gasteiger partial charge in [0.05, 0.1) is 6.07 Å². The van der Waals surface area contributed by atoms with Gasteiger partial charge in [-0.3, -0.25) is 10.3 Å². The summed E-state index contributed by atoms with van der Waals surface area (Å²) in [5.74, 6) is 0. The number of rotatable bonds is 3. The van der Waals surface area contributed by atoms with Crippen LogP contribution in [0.1, 0.15) is 25.5 Å². The lowest BCUT2D eigenvalue weighted by atomic mass is 10.1. The van der Waals surface area contributed by atoms with Crippen molar-refractivity contribution in [3.05, 3.63) is 28.5 Å². The molecule has 1 atom stereocenters. The van der Waals surface area contributed by atoms with Crippen molar-refractivity contribution in [2.75, 3.05) is 0 Å². The van der Waals surface area contributed by atoms with E-state index in [0.29, 0.717) is 0 Å². The molecule has 0 aliphatic carbocycles. The first kappa shape index (κ1) is 11.2. The molecule has 1 N–H and O–H groups in total. The van der Waals surface area contributed by atoms with E-state index in [-0.39, 0.29) is 12.1 Å². The zero-order chi connectivity index (χ0) is 10.6. The van der Waals surface area contributed by atoms with Gasteiger partial charge >= 0.3 is 0 Å². The van der Waals surface area contributed by atoms with Gasteiger partial charge in [0.2, 0.25) is 0 Å². The molecule has 1 aromatic heterocycles. The van der Waals surface area contributed by atoms with E-state index in [1.54, 1.807) is 12.4 Å². The Bertz CT molecular complexity index is 343. The third-order valence-electron chi connectivity index (χ3n) is 1.69. The molecule has 0 spiro atoms. The summed E-state index contributed by atoms with van der Waals surface area (Å²) in [5.41, 5.74) is 0.885. The fourth-order valence-corrected chi connectivity index (χ4v) is 1.51. The molecule has 1 rings (SSSR count). The molecule has 0 aliphatic rings. The molecule has 1 aromatic rings. The summed E-state index contributed by atoms with van der Waals surface area (Å²) in [6.45, 7) is 4.02. The van der Waals surface area contributed by atoms with E-state index >= 15 is 0 Å². The summed E-state index contributed by atoms with van der Waals surface area (Å²) in [6, 6.07) is 4.09. The van der Waals surface area contributed by atoms with Gasteiger partial charge in [0.25, 0.3) is 0 Å². The molecule has 0 saturated carbocycles. The van der Waals surface area contributed by atoms with Crippen molar-refractivity contribution in [1.29, 1.82) is 5.26 Å². The summed E-state index contributed by atoms with van der Waals surface area (Å²) in [5, 5.41) is 12.1. The zero-order valence-electron chi connectivity index (χ0n) is 8.16. The molecule has 0 bridgehead atoms. The van der Waals surface area contributed by atoms with Crippen molar-refractivity contribution in [2.45, 2.75) is 25.9 Å². The maximum absolute atomic E-state index is 8.96. The fourth-order valence-electron chi connectivity index (χ4n) is 1.13. The number of nitrogens with zero attached hydrogens (tertiary/aromatic N) is 2. The number of halogens is 1. The highest BCUT2D eigenvalue weighted by Crippen LogP contribution is 2.16. The van der Waals surface area contributed by atoms with Crippen molar-refractivity contribution in [3.63, 3.8) is 0 Å². The molecule has 0 aliphatic heterocycles. The van der Waals surface area contributed by atoms with Crippen LogP contribution < -0.4 is 5.32 Å². The van der Waals surface area contributed by atoms with Crippen molar-refractivity contribution in [2.24, 2.45) is 0 Å². The third kappa shape index (κ3) is 3.09. The second-order valence-corrected chi connectivity index (χ2v) is 4.24. The average molecular weight is 254 g/mol. The smallest absolute Gasteiger partial charge is 0.123 e. The van der Waals surface area contributed by atoms with Crippen molar-refractivity contribution in [1.82, 2.24) is 10.3 Å². The van der Waals surface area contributed by atoms with Crippen LogP contribution in [0.2, 0.25) is 0 Å². The maximum Gasteiger partial charge on any atom is 0.123 e. The van der Waals surface area contributed by atoms with E-state index in [4.69, 9.17) is 5.26 Å². The Balaban J connectivity index is 2.85. The van der Waals surface area contributed by atoms with Crippen LogP contribution in [0.15, 0.2) is 22.9 Å². The summed E-state index contributed by atoms with van der Waals surface area (Å²) in [6.07, 6.45) is 3.40. The minimum absolute atomic E-state index is 0.277. The lowest BCUT2D eigenvalue weighted by molar-refractivity contribution is 0.545. The molecule has 1 unspecified atom stereocenters. The van der Waals surface area contributed by atoms with Gasteiger partial charge in [-0.05, 0) is 35.8 Å². The Morgan fingerprint density at radius 1 is 1.50 bits per heavy atom. The van der Waals surface area contributed by atoms with Gasteiger partial charge in [-0.25, -0.2) is 0 Å². The van der Waals surface area contributed by atoms with E-state index in [9.17, 15) is 0 Å². The Kier molecular flexibility index (Phi) is 4.05. The molecular weight excluding hydrogens is 242 g/mol. The first-order valence-electron chi connectivity index (χ1n) is 4.39. The van der Waals surface area contributed by atoms with E-state index in [0.717, 1.165) is 10.0 Å². The van der Waals surface area contributed by atoms with Crippen LogP contribution in [-0.4, -0.2) is 11.0 Å². The van der Waals surface area contributed by atoms with Crippen molar-refractivity contribution >= 4 is 15.9 Å². The Morgan fingerprint density at radius 2 is 2.21 bits per heavy atom. The maximum atomic E-state index is 8.96. The molecule has 3 nitrogen and oxygen atoms in total. The number of hydrogen-bond acceptors (Lipinski definition) is 3. The Labute approximate surface area is 92.3 Å². The predicted octanol–water partition coefficient (Wildman–Crippen LogP) is 2.41. The molecule has 0 radical (unpaired) electrons. The Hall–Kier alpha value is -0.920. The second-order valence-electron chi connectivity index (χ2n) is 3.32. The van der Waals surface area contributed by atoms with Crippen LogP contribution in [0.5, 0.6) is 0 Å².